The molecule has 1 aromatic carbocycles. The number of nitrogens with zero attached hydrogens (tertiary/aromatic N) is 2. The average molecular weight is 578 g/mol. The maximum Gasteiger partial charge on any atom is 0.407 e. The van der Waals surface area contributed by atoms with Crippen molar-refractivity contribution >= 4 is 43.7 Å². The fraction of sp³-hybridized carbons (Fsp3) is 0.500. The summed E-state index contributed by atoms with van der Waals surface area (Å²) < 4.78 is 16.7. The van der Waals surface area contributed by atoms with E-state index in [4.69, 9.17) is 13.9 Å². The van der Waals surface area contributed by atoms with Crippen LogP contribution in [0.3, 0.4) is 0 Å². The van der Waals surface area contributed by atoms with Crippen molar-refractivity contribution in [3.8, 4) is 0 Å². The minimum atomic E-state index is -1.88. The smallest absolute Gasteiger partial charge is 0.407 e. The normalized spacial score (nSPS) is 21.1. The number of thioether (sulfide) groups is 1. The molecule has 212 valence electrons. The van der Waals surface area contributed by atoms with Crippen LogP contribution in [-0.2, 0) is 30.1 Å². The van der Waals surface area contributed by atoms with E-state index in [1.807, 2.05) is 13.8 Å². The molecule has 0 bridgehead atoms. The number of β-lactam (4-membered cyclic amide) rings is 1. The fourth-order valence-electron chi connectivity index (χ4n) is 4.75. The molecule has 1 saturated heterocycles. The summed E-state index contributed by atoms with van der Waals surface area (Å²) in [4.78, 5) is 50.8. The van der Waals surface area contributed by atoms with E-state index in [-0.39, 0.29) is 61.0 Å². The van der Waals surface area contributed by atoms with Crippen LogP contribution < -0.4 is 5.32 Å². The third-order valence-corrected chi connectivity index (χ3v) is 8.67. The second kappa shape index (κ2) is 12.8. The van der Waals surface area contributed by atoms with Crippen LogP contribution in [0.5, 0.6) is 0 Å². The summed E-state index contributed by atoms with van der Waals surface area (Å²) >= 11 is 1.39. The van der Waals surface area contributed by atoms with Crippen molar-refractivity contribution in [2.75, 3.05) is 18.9 Å². The predicted molar refractivity (Wildman–Crippen MR) is 149 cm³/mol. The van der Waals surface area contributed by atoms with Gasteiger partial charge in [-0.3, -0.25) is 14.9 Å². The van der Waals surface area contributed by atoms with Crippen molar-refractivity contribution in [1.29, 1.82) is 0 Å². The number of hydrogen-bond donors (Lipinski definition) is 1. The summed E-state index contributed by atoms with van der Waals surface area (Å²) in [5.74, 6) is -0.741. The van der Waals surface area contributed by atoms with Gasteiger partial charge in [-0.1, -0.05) is 19.6 Å². The van der Waals surface area contributed by atoms with Gasteiger partial charge >= 0.3 is 12.1 Å². The molecule has 2 heterocycles. The zero-order valence-corrected chi connectivity index (χ0v) is 24.6. The van der Waals surface area contributed by atoms with E-state index in [2.05, 4.69) is 31.5 Å². The van der Waals surface area contributed by atoms with Crippen LogP contribution in [0.2, 0.25) is 19.6 Å². The molecule has 0 saturated carbocycles. The molecular formula is C26H35N3O8SSi. The molecule has 39 heavy (non-hydrogen) atoms. The number of fused-ring (bicyclic) bond motifs is 1. The zero-order valence-electron chi connectivity index (χ0n) is 22.8. The van der Waals surface area contributed by atoms with Crippen molar-refractivity contribution in [2.45, 2.75) is 52.2 Å². The number of carbonyl (C=O) groups is 3. The third kappa shape index (κ3) is 7.28. The highest BCUT2D eigenvalue weighted by atomic mass is 32.2. The number of esters is 1. The lowest BCUT2D eigenvalue weighted by atomic mass is 9.79. The molecule has 0 aliphatic carbocycles. The van der Waals surface area contributed by atoms with Gasteiger partial charge in [0.25, 0.3) is 5.69 Å². The largest absolute Gasteiger partial charge is 0.457 e. The van der Waals surface area contributed by atoms with Gasteiger partial charge < -0.3 is 24.1 Å². The van der Waals surface area contributed by atoms with E-state index in [1.165, 1.54) is 42.1 Å². The van der Waals surface area contributed by atoms with E-state index in [0.717, 1.165) is 4.91 Å². The summed E-state index contributed by atoms with van der Waals surface area (Å²) in [7, 11) is -1.88. The second-order valence-corrected chi connectivity index (χ2v) is 15.9. The van der Waals surface area contributed by atoms with Gasteiger partial charge in [-0.05, 0) is 44.3 Å². The maximum atomic E-state index is 13.2. The Morgan fingerprint density at radius 3 is 2.51 bits per heavy atom. The SMILES string of the molecule is C=CCOC(=O)C1=C(SCCNC(=O)OCc2ccc([N+](=O)[O-])cc2)C(C)[C@@H]2[C@@H]([C@@H](C)O[Si](C)(C)C)C(=O)N12. The molecule has 0 radical (unpaired) electrons. The highest BCUT2D eigenvalue weighted by Gasteiger charge is 2.60. The number of nitro groups is 1. The first-order valence-electron chi connectivity index (χ1n) is 12.7. The van der Waals surface area contributed by atoms with Crippen molar-refractivity contribution in [3.63, 3.8) is 0 Å². The van der Waals surface area contributed by atoms with Gasteiger partial charge in [0, 0.05) is 35.3 Å². The Hall–Kier alpha value is -3.16. The minimum Gasteiger partial charge on any atom is -0.457 e. The van der Waals surface area contributed by atoms with Gasteiger partial charge in [0.2, 0.25) is 5.91 Å². The summed E-state index contributed by atoms with van der Waals surface area (Å²) in [6, 6.07) is 5.54. The Labute approximate surface area is 233 Å². The molecule has 0 spiro atoms. The van der Waals surface area contributed by atoms with Gasteiger partial charge in [-0.15, -0.1) is 11.8 Å². The van der Waals surface area contributed by atoms with Gasteiger partial charge in [-0.2, -0.15) is 0 Å². The van der Waals surface area contributed by atoms with Crippen LogP contribution in [-0.4, -0.2) is 67.2 Å². The number of hydrogen-bond acceptors (Lipinski definition) is 9. The molecular weight excluding hydrogens is 542 g/mol. The number of ether oxygens (including phenoxy) is 2. The molecule has 1 aromatic rings. The standard InChI is InChI=1S/C26H35N3O8SSi/c1-7-13-35-25(31)22-23(16(2)21-20(24(30)28(21)22)17(3)37-39(4,5)6)38-14-12-27-26(32)36-15-18-8-10-19(11-9-18)29(33)34/h7-11,16-17,20-21H,1,12-15H2,2-6H3,(H,27,32)/t16?,17-,20-,21-/m1/s1. The minimum absolute atomic E-state index is 0.0298. The number of rotatable bonds is 13. The lowest BCUT2D eigenvalue weighted by Gasteiger charge is -2.48. The van der Waals surface area contributed by atoms with Crippen molar-refractivity contribution in [1.82, 2.24) is 10.2 Å². The van der Waals surface area contributed by atoms with Crippen LogP contribution in [0, 0.1) is 22.0 Å². The van der Waals surface area contributed by atoms with Crippen LogP contribution in [0.1, 0.15) is 19.4 Å². The summed E-state index contributed by atoms with van der Waals surface area (Å²) in [6.07, 6.45) is 0.567. The van der Waals surface area contributed by atoms with E-state index < -0.39 is 25.3 Å². The van der Waals surface area contributed by atoms with E-state index in [9.17, 15) is 24.5 Å². The lowest BCUT2D eigenvalue weighted by molar-refractivity contribution is -0.384. The average Bonchev–Trinajstić information content (AvgIpc) is 3.10. The Morgan fingerprint density at radius 2 is 1.92 bits per heavy atom. The van der Waals surface area contributed by atoms with Crippen LogP contribution >= 0.6 is 11.8 Å². The van der Waals surface area contributed by atoms with E-state index in [1.54, 1.807) is 4.90 Å². The molecule has 2 amide bonds. The number of nitro benzene ring substituents is 1. The predicted octanol–water partition coefficient (Wildman–Crippen LogP) is 4.21. The molecule has 11 nitrogen and oxygen atoms in total. The molecule has 0 aromatic heterocycles. The first-order valence-corrected chi connectivity index (χ1v) is 17.0. The summed E-state index contributed by atoms with van der Waals surface area (Å²) in [5, 5.41) is 13.4. The van der Waals surface area contributed by atoms with Crippen LogP contribution in [0.15, 0.2) is 47.5 Å². The Balaban J connectivity index is 1.59. The molecule has 2 aliphatic rings. The molecule has 4 atom stereocenters. The zero-order chi connectivity index (χ0) is 28.9. The second-order valence-electron chi connectivity index (χ2n) is 10.3. The third-order valence-electron chi connectivity index (χ3n) is 6.31. The number of amides is 2. The Morgan fingerprint density at radius 1 is 1.26 bits per heavy atom. The van der Waals surface area contributed by atoms with E-state index in [0.29, 0.717) is 11.3 Å². The first kappa shape index (κ1) is 30.4. The monoisotopic (exact) mass is 577 g/mol. The van der Waals surface area contributed by atoms with Crippen LogP contribution in [0.4, 0.5) is 10.5 Å². The molecule has 3 rings (SSSR count). The lowest BCUT2D eigenvalue weighted by Crippen LogP contribution is -2.64. The fourth-order valence-corrected chi connectivity index (χ4v) is 7.16. The molecule has 13 heteroatoms. The number of nitrogens with one attached hydrogen (secondary N) is 1. The molecule has 1 fully saturated rings. The number of benzene rings is 1. The molecule has 2 aliphatic heterocycles. The number of carbonyl (C=O) groups excluding carboxylic acids is 3. The van der Waals surface area contributed by atoms with Gasteiger partial charge in [0.1, 0.15) is 18.9 Å². The van der Waals surface area contributed by atoms with Crippen molar-refractivity contribution < 1.29 is 33.2 Å². The molecule has 1 unspecified atom stereocenters. The Kier molecular flexibility index (Phi) is 9.97. The first-order chi connectivity index (χ1) is 18.4. The van der Waals surface area contributed by atoms with E-state index >= 15 is 0 Å². The van der Waals surface area contributed by atoms with Gasteiger partial charge in [0.15, 0.2) is 8.32 Å². The summed E-state index contributed by atoms with van der Waals surface area (Å²) in [5.41, 5.74) is 0.828. The highest BCUT2D eigenvalue weighted by Crippen LogP contribution is 2.51. The van der Waals surface area contributed by atoms with Gasteiger partial charge in [-0.25, -0.2) is 9.59 Å². The number of alkyl carbamates (subject to hydrolysis) is 1. The Bertz CT molecular complexity index is 1150. The van der Waals surface area contributed by atoms with Crippen LogP contribution in [0.25, 0.3) is 0 Å². The summed E-state index contributed by atoms with van der Waals surface area (Å²) in [6.45, 7) is 14.0. The van der Waals surface area contributed by atoms with Gasteiger partial charge in [0.05, 0.1) is 23.0 Å². The highest BCUT2D eigenvalue weighted by molar-refractivity contribution is 8.03. The number of non-ortho nitro benzene ring substituents is 1. The quantitative estimate of drug-likeness (QED) is 0.0695. The van der Waals surface area contributed by atoms with Crippen molar-refractivity contribution in [3.05, 3.63) is 63.2 Å². The van der Waals surface area contributed by atoms with Crippen molar-refractivity contribution in [2.24, 2.45) is 11.8 Å². The molecule has 1 N–H and O–H groups in total. The maximum absolute atomic E-state index is 13.2. The topological polar surface area (TPSA) is 137 Å².